The Labute approximate surface area is 233 Å². The number of halogens is 4. The molecule has 0 aliphatic carbocycles. The van der Waals surface area contributed by atoms with E-state index < -0.39 is 47.1 Å². The van der Waals surface area contributed by atoms with Crippen LogP contribution in [0.2, 0.25) is 0 Å². The van der Waals surface area contributed by atoms with Gasteiger partial charge in [0, 0.05) is 11.1 Å². The molecule has 4 aromatic rings. The predicted molar refractivity (Wildman–Crippen MR) is 140 cm³/mol. The molecule has 1 aliphatic rings. The number of hydrogen-bond acceptors (Lipinski definition) is 8. The summed E-state index contributed by atoms with van der Waals surface area (Å²) in [6.07, 6.45) is -5.34. The first kappa shape index (κ1) is 28.2. The van der Waals surface area contributed by atoms with Gasteiger partial charge in [-0.2, -0.15) is 13.2 Å². The first-order valence-corrected chi connectivity index (χ1v) is 12.8. The van der Waals surface area contributed by atoms with E-state index in [0.29, 0.717) is 16.0 Å². The van der Waals surface area contributed by atoms with Crippen molar-refractivity contribution in [3.05, 3.63) is 70.6 Å². The number of aliphatic hydroxyl groups is 1. The summed E-state index contributed by atoms with van der Waals surface area (Å²) in [5.74, 6) is -1.97. The molecule has 0 radical (unpaired) electrons. The maximum absolute atomic E-state index is 14.5. The Morgan fingerprint density at radius 3 is 2.51 bits per heavy atom. The van der Waals surface area contributed by atoms with Crippen LogP contribution in [0.1, 0.15) is 28.0 Å². The zero-order valence-electron chi connectivity index (χ0n) is 21.5. The number of primary amides is 1. The number of benzene rings is 2. The lowest BCUT2D eigenvalue weighted by atomic mass is 9.81. The van der Waals surface area contributed by atoms with Gasteiger partial charge < -0.3 is 25.6 Å². The van der Waals surface area contributed by atoms with E-state index >= 15 is 0 Å². The number of nitrogens with two attached hydrogens (primary N) is 1. The number of alkyl halides is 3. The Balaban J connectivity index is 1.57. The highest BCUT2D eigenvalue weighted by Gasteiger charge is 2.57. The van der Waals surface area contributed by atoms with Crippen LogP contribution in [0, 0.1) is 5.82 Å². The lowest BCUT2D eigenvalue weighted by Gasteiger charge is -2.31. The summed E-state index contributed by atoms with van der Waals surface area (Å²) in [4.78, 5) is 33.4. The van der Waals surface area contributed by atoms with Crippen LogP contribution in [-0.4, -0.2) is 53.3 Å². The zero-order valence-corrected chi connectivity index (χ0v) is 22.3. The fourth-order valence-electron chi connectivity index (χ4n) is 4.35. The molecule has 2 atom stereocenters. The Bertz CT molecular complexity index is 1680. The number of amides is 2. The van der Waals surface area contributed by atoms with Crippen molar-refractivity contribution in [3.8, 4) is 22.8 Å². The molecule has 14 heteroatoms. The Hall–Kier alpha value is -4.30. The van der Waals surface area contributed by atoms with Crippen LogP contribution in [0.5, 0.6) is 11.5 Å². The van der Waals surface area contributed by atoms with Crippen molar-refractivity contribution >= 4 is 33.4 Å². The third kappa shape index (κ3) is 4.82. The van der Waals surface area contributed by atoms with Crippen molar-refractivity contribution in [3.63, 3.8) is 0 Å². The molecule has 2 aromatic carbocycles. The first-order chi connectivity index (χ1) is 19.3. The van der Waals surface area contributed by atoms with Gasteiger partial charge in [0.25, 0.3) is 5.91 Å². The number of methoxy groups -OCH3 is 1. The summed E-state index contributed by atoms with van der Waals surface area (Å²) in [5.41, 5.74) is -0.235. The Morgan fingerprint density at radius 1 is 1.17 bits per heavy atom. The topological polar surface area (TPSA) is 137 Å². The fraction of sp³-hybridized carbons (Fsp3) is 0.259. The van der Waals surface area contributed by atoms with E-state index in [1.54, 1.807) is 18.2 Å². The van der Waals surface area contributed by atoms with Gasteiger partial charge in [0.1, 0.15) is 35.0 Å². The highest BCUT2D eigenvalue weighted by atomic mass is 32.1. The molecular weight excluding hydrogens is 568 g/mol. The molecule has 2 amide bonds. The second kappa shape index (κ2) is 9.96. The van der Waals surface area contributed by atoms with Crippen molar-refractivity contribution in [1.82, 2.24) is 15.3 Å². The second-order valence-corrected chi connectivity index (χ2v) is 10.6. The summed E-state index contributed by atoms with van der Waals surface area (Å²) in [6.45, 7) is -0.242. The number of fused-ring (bicyclic) bond motifs is 2. The maximum atomic E-state index is 14.5. The van der Waals surface area contributed by atoms with Crippen LogP contribution in [-0.2, 0) is 15.8 Å². The lowest BCUT2D eigenvalue weighted by Crippen LogP contribution is -2.51. The van der Waals surface area contributed by atoms with Gasteiger partial charge in [0.15, 0.2) is 5.01 Å². The van der Waals surface area contributed by atoms with Crippen LogP contribution < -0.4 is 20.5 Å². The summed E-state index contributed by atoms with van der Waals surface area (Å²) in [5, 5.41) is 13.1. The van der Waals surface area contributed by atoms with E-state index in [2.05, 4.69) is 15.3 Å². The SMILES string of the molecule is COc1ccc2nc(C(=O)NCC(O)(c3cc4c(c(-c5ccc(F)cc5)n3)OC[C@]4(C)C(N)=O)C(F)(F)F)sc2c1. The van der Waals surface area contributed by atoms with E-state index in [9.17, 15) is 32.3 Å². The number of carbonyl (C=O) groups is 2. The van der Waals surface area contributed by atoms with Crippen molar-refractivity contribution in [2.45, 2.75) is 24.1 Å². The number of hydrogen-bond donors (Lipinski definition) is 3. The number of aromatic nitrogens is 2. The summed E-state index contributed by atoms with van der Waals surface area (Å²) in [6, 6.07) is 10.4. The molecule has 0 fully saturated rings. The third-order valence-corrected chi connectivity index (χ3v) is 7.94. The molecule has 214 valence electrons. The molecule has 0 saturated heterocycles. The van der Waals surface area contributed by atoms with E-state index in [1.807, 2.05) is 0 Å². The highest BCUT2D eigenvalue weighted by molar-refractivity contribution is 7.20. The van der Waals surface area contributed by atoms with Crippen LogP contribution in [0.4, 0.5) is 17.6 Å². The first-order valence-electron chi connectivity index (χ1n) is 12.0. The Kier molecular flexibility index (Phi) is 6.86. The van der Waals surface area contributed by atoms with E-state index in [0.717, 1.165) is 29.5 Å². The largest absolute Gasteiger partial charge is 0.497 e. The molecule has 0 bridgehead atoms. The van der Waals surface area contributed by atoms with Gasteiger partial charge in [-0.15, -0.1) is 11.3 Å². The van der Waals surface area contributed by atoms with Gasteiger partial charge >= 0.3 is 6.18 Å². The second-order valence-electron chi connectivity index (χ2n) is 9.62. The molecular formula is C27H22F4N4O5S. The minimum absolute atomic E-state index is 0.0277. The van der Waals surface area contributed by atoms with Gasteiger partial charge in [-0.25, -0.2) is 14.4 Å². The van der Waals surface area contributed by atoms with Crippen LogP contribution in [0.3, 0.4) is 0 Å². The lowest BCUT2D eigenvalue weighted by molar-refractivity contribution is -0.265. The van der Waals surface area contributed by atoms with Crippen LogP contribution >= 0.6 is 11.3 Å². The predicted octanol–water partition coefficient (Wildman–Crippen LogP) is 3.82. The molecule has 4 N–H and O–H groups in total. The molecule has 5 rings (SSSR count). The van der Waals surface area contributed by atoms with E-state index in [4.69, 9.17) is 15.2 Å². The minimum atomic E-state index is -5.34. The highest BCUT2D eigenvalue weighted by Crippen LogP contribution is 2.47. The number of pyridine rings is 1. The van der Waals surface area contributed by atoms with Gasteiger partial charge in [0.05, 0.1) is 29.6 Å². The molecule has 1 unspecified atom stereocenters. The van der Waals surface area contributed by atoms with Crippen molar-refractivity contribution in [2.24, 2.45) is 5.73 Å². The van der Waals surface area contributed by atoms with Crippen molar-refractivity contribution in [2.75, 3.05) is 20.3 Å². The molecule has 3 heterocycles. The molecule has 0 spiro atoms. The molecule has 9 nitrogen and oxygen atoms in total. The number of nitrogens with zero attached hydrogens (tertiary/aromatic N) is 2. The summed E-state index contributed by atoms with van der Waals surface area (Å²) >= 11 is 0.929. The van der Waals surface area contributed by atoms with Gasteiger partial charge in [-0.05, 0) is 55.5 Å². The fourth-order valence-corrected chi connectivity index (χ4v) is 5.26. The zero-order chi connectivity index (χ0) is 29.7. The maximum Gasteiger partial charge on any atom is 0.424 e. The number of ether oxygens (including phenoxy) is 2. The number of carbonyl (C=O) groups excluding carboxylic acids is 2. The quantitative estimate of drug-likeness (QED) is 0.279. The molecule has 1 aliphatic heterocycles. The standard InChI is InChI=1S/C27H22F4N4O5S/c1-25(24(32)37)12-40-21-16(25)10-19(35-20(21)13-3-5-14(28)6-4-13)26(38,27(29,30)31)11-33-22(36)23-34-17-8-7-15(39-2)9-18(17)41-23/h3-10,38H,11-12H2,1-2H3,(H2,32,37)(H,33,36)/t25-,26?/m0/s1. The van der Waals surface area contributed by atoms with Crippen LogP contribution in [0.25, 0.3) is 21.5 Å². The Morgan fingerprint density at radius 2 is 1.88 bits per heavy atom. The average Bonchev–Trinajstić information content (AvgIpc) is 3.52. The molecule has 41 heavy (non-hydrogen) atoms. The molecule has 2 aromatic heterocycles. The smallest absolute Gasteiger partial charge is 0.424 e. The number of rotatable bonds is 7. The summed E-state index contributed by atoms with van der Waals surface area (Å²) < 4.78 is 68.6. The van der Waals surface area contributed by atoms with E-state index in [1.165, 1.54) is 26.2 Å². The van der Waals surface area contributed by atoms with Crippen LogP contribution in [0.15, 0.2) is 48.5 Å². The van der Waals surface area contributed by atoms with Gasteiger partial charge in [-0.1, -0.05) is 0 Å². The number of thiazole rings is 1. The molecule has 0 saturated carbocycles. The normalized spacial score (nSPS) is 17.9. The van der Waals surface area contributed by atoms with Gasteiger partial charge in [0.2, 0.25) is 11.5 Å². The van der Waals surface area contributed by atoms with Gasteiger partial charge in [-0.3, -0.25) is 9.59 Å². The third-order valence-electron chi connectivity index (χ3n) is 6.92. The number of nitrogens with one attached hydrogen (secondary N) is 1. The van der Waals surface area contributed by atoms with Crippen molar-refractivity contribution < 1.29 is 41.7 Å². The average molecular weight is 591 g/mol. The van der Waals surface area contributed by atoms with E-state index in [-0.39, 0.29) is 34.2 Å². The summed E-state index contributed by atoms with van der Waals surface area (Å²) in [7, 11) is 1.46. The monoisotopic (exact) mass is 590 g/mol. The van der Waals surface area contributed by atoms with Crippen molar-refractivity contribution in [1.29, 1.82) is 0 Å². The minimum Gasteiger partial charge on any atom is -0.497 e.